The normalized spacial score (nSPS) is 11.2. The fourth-order valence-electron chi connectivity index (χ4n) is 2.63. The number of hydrogen-bond donors (Lipinski definition) is 3. The average molecular weight is 448 g/mol. The summed E-state index contributed by atoms with van der Waals surface area (Å²) in [4.78, 5) is 23.2. The fourth-order valence-corrected chi connectivity index (χ4v) is 2.63. The van der Waals surface area contributed by atoms with Crippen LogP contribution < -0.4 is 24.8 Å². The molecule has 3 N–H and O–H groups in total. The highest BCUT2D eigenvalue weighted by Crippen LogP contribution is 2.36. The van der Waals surface area contributed by atoms with Crippen molar-refractivity contribution in [3.05, 3.63) is 48.0 Å². The van der Waals surface area contributed by atoms with Crippen LogP contribution in [0.4, 0.5) is 10.5 Å². The molecule has 0 saturated carbocycles. The minimum absolute atomic E-state index is 0.171. The third kappa shape index (κ3) is 7.64. The van der Waals surface area contributed by atoms with Crippen molar-refractivity contribution in [1.29, 1.82) is 0 Å². The molecule has 10 heteroatoms. The summed E-state index contributed by atoms with van der Waals surface area (Å²) in [5, 5.41) is 15.5. The Bertz CT molecular complexity index is 850. The number of ether oxygens (including phenoxy) is 5. The molecule has 0 fully saturated rings. The molecule has 0 aliphatic heterocycles. The third-order valence-corrected chi connectivity index (χ3v) is 4.25. The van der Waals surface area contributed by atoms with Crippen molar-refractivity contribution in [2.24, 2.45) is 0 Å². The summed E-state index contributed by atoms with van der Waals surface area (Å²) in [6.07, 6.45) is -1.50. The van der Waals surface area contributed by atoms with Crippen molar-refractivity contribution in [3.63, 3.8) is 0 Å². The van der Waals surface area contributed by atoms with Gasteiger partial charge in [0.25, 0.3) is 0 Å². The van der Waals surface area contributed by atoms with Gasteiger partial charge in [-0.15, -0.1) is 0 Å². The molecule has 1 amide bonds. The van der Waals surface area contributed by atoms with Crippen LogP contribution in [0, 0.1) is 0 Å². The second-order valence-corrected chi connectivity index (χ2v) is 6.49. The number of methoxy groups -OCH3 is 3. The number of esters is 1. The molecule has 2 aromatic carbocycles. The third-order valence-electron chi connectivity index (χ3n) is 4.25. The van der Waals surface area contributed by atoms with Crippen molar-refractivity contribution in [2.75, 3.05) is 52.9 Å². The number of rotatable bonds is 12. The minimum atomic E-state index is -0.889. The molecule has 1 unspecified atom stereocenters. The van der Waals surface area contributed by atoms with E-state index in [1.54, 1.807) is 44.6 Å². The van der Waals surface area contributed by atoms with Crippen LogP contribution in [0.5, 0.6) is 17.2 Å². The SMILES string of the molecule is COC(=O)Nc1ccc(C(=O)OCC(O)CNCCOc2c(OC)cccc2OC)cc1. The summed E-state index contributed by atoms with van der Waals surface area (Å²) >= 11 is 0. The number of carbonyl (C=O) groups is 2. The van der Waals surface area contributed by atoms with E-state index < -0.39 is 18.2 Å². The van der Waals surface area contributed by atoms with Gasteiger partial charge in [0, 0.05) is 18.8 Å². The summed E-state index contributed by atoms with van der Waals surface area (Å²) in [7, 11) is 4.35. The molecule has 0 spiro atoms. The summed E-state index contributed by atoms with van der Waals surface area (Å²) in [6, 6.07) is 11.4. The van der Waals surface area contributed by atoms with Crippen LogP contribution in [0.1, 0.15) is 10.4 Å². The van der Waals surface area contributed by atoms with E-state index in [4.69, 9.17) is 18.9 Å². The Hall–Kier alpha value is -3.50. The van der Waals surface area contributed by atoms with Gasteiger partial charge >= 0.3 is 12.1 Å². The highest BCUT2D eigenvalue weighted by molar-refractivity contribution is 5.91. The molecule has 0 radical (unpaired) electrons. The molecule has 0 heterocycles. The summed E-state index contributed by atoms with van der Waals surface area (Å²) < 4.78 is 25.9. The predicted molar refractivity (Wildman–Crippen MR) is 117 cm³/mol. The van der Waals surface area contributed by atoms with E-state index in [2.05, 4.69) is 15.4 Å². The number of aliphatic hydroxyl groups excluding tert-OH is 1. The molecule has 2 aromatic rings. The quantitative estimate of drug-likeness (QED) is 0.331. The maximum Gasteiger partial charge on any atom is 0.411 e. The van der Waals surface area contributed by atoms with Crippen LogP contribution >= 0.6 is 0 Å². The van der Waals surface area contributed by atoms with Crippen molar-refractivity contribution in [2.45, 2.75) is 6.10 Å². The molecule has 0 bridgehead atoms. The van der Waals surface area contributed by atoms with Gasteiger partial charge in [0.05, 0.1) is 26.9 Å². The second kappa shape index (κ2) is 13.0. The molecule has 0 aliphatic rings. The van der Waals surface area contributed by atoms with Gasteiger partial charge in [0.15, 0.2) is 11.5 Å². The monoisotopic (exact) mass is 448 g/mol. The number of carbonyl (C=O) groups excluding carboxylic acids is 2. The Kier molecular flexibility index (Phi) is 10.1. The van der Waals surface area contributed by atoms with Gasteiger partial charge in [-0.3, -0.25) is 5.32 Å². The van der Waals surface area contributed by atoms with Gasteiger partial charge in [-0.25, -0.2) is 9.59 Å². The number of benzene rings is 2. The average Bonchev–Trinajstić information content (AvgIpc) is 2.82. The van der Waals surface area contributed by atoms with E-state index in [1.165, 1.54) is 19.2 Å². The van der Waals surface area contributed by atoms with Crippen LogP contribution in [-0.2, 0) is 9.47 Å². The molecular formula is C22H28N2O8. The smallest absolute Gasteiger partial charge is 0.411 e. The van der Waals surface area contributed by atoms with Crippen LogP contribution in [0.2, 0.25) is 0 Å². The predicted octanol–water partition coefficient (Wildman–Crippen LogP) is 2.07. The first-order chi connectivity index (χ1) is 15.5. The highest BCUT2D eigenvalue weighted by atomic mass is 16.5. The number of hydrogen-bond acceptors (Lipinski definition) is 9. The van der Waals surface area contributed by atoms with Crippen molar-refractivity contribution in [3.8, 4) is 17.2 Å². The molecule has 1 atom stereocenters. The number of anilines is 1. The lowest BCUT2D eigenvalue weighted by atomic mass is 10.2. The van der Waals surface area contributed by atoms with Crippen LogP contribution in [0.15, 0.2) is 42.5 Å². The van der Waals surface area contributed by atoms with Gasteiger partial charge in [-0.1, -0.05) is 6.07 Å². The maximum atomic E-state index is 12.1. The molecule has 0 aliphatic carbocycles. The first-order valence-electron chi connectivity index (χ1n) is 9.83. The Balaban J connectivity index is 1.68. The Morgan fingerprint density at radius 2 is 1.66 bits per heavy atom. The first kappa shape index (κ1) is 24.8. The zero-order valence-electron chi connectivity index (χ0n) is 18.3. The maximum absolute atomic E-state index is 12.1. The van der Waals surface area contributed by atoms with Gasteiger partial charge in [0.2, 0.25) is 5.75 Å². The molecule has 0 saturated heterocycles. The van der Waals surface area contributed by atoms with Gasteiger partial charge in [0.1, 0.15) is 19.3 Å². The van der Waals surface area contributed by atoms with E-state index in [0.717, 1.165) is 0 Å². The summed E-state index contributed by atoms with van der Waals surface area (Å²) in [5.74, 6) is 1.04. The van der Waals surface area contributed by atoms with Crippen molar-refractivity contribution >= 4 is 17.7 Å². The van der Waals surface area contributed by atoms with E-state index in [-0.39, 0.29) is 13.2 Å². The molecule has 0 aromatic heterocycles. The molecule has 2 rings (SSSR count). The van der Waals surface area contributed by atoms with Crippen molar-refractivity contribution in [1.82, 2.24) is 5.32 Å². The van der Waals surface area contributed by atoms with Gasteiger partial charge in [-0.05, 0) is 36.4 Å². The highest BCUT2D eigenvalue weighted by Gasteiger charge is 2.13. The van der Waals surface area contributed by atoms with Gasteiger partial charge in [-0.2, -0.15) is 0 Å². The molecule has 174 valence electrons. The summed E-state index contributed by atoms with van der Waals surface area (Å²) in [6.45, 7) is 0.799. The van der Waals surface area contributed by atoms with Gasteiger partial charge < -0.3 is 34.1 Å². The number of nitrogens with one attached hydrogen (secondary N) is 2. The van der Waals surface area contributed by atoms with E-state index in [0.29, 0.717) is 41.7 Å². The zero-order chi connectivity index (χ0) is 23.3. The number of amides is 1. The Labute approximate surface area is 186 Å². The lowest BCUT2D eigenvalue weighted by molar-refractivity contribution is 0.0258. The fraction of sp³-hybridized carbons (Fsp3) is 0.364. The topological polar surface area (TPSA) is 125 Å². The van der Waals surface area contributed by atoms with E-state index >= 15 is 0 Å². The standard InChI is InChI=1S/C22H28N2O8/c1-28-18-5-4-6-19(29-2)20(18)31-12-11-23-13-17(25)14-32-21(26)15-7-9-16(10-8-15)24-22(27)30-3/h4-10,17,23,25H,11-14H2,1-3H3,(H,24,27). The Morgan fingerprint density at radius 1 is 1.00 bits per heavy atom. The van der Waals surface area contributed by atoms with E-state index in [1.807, 2.05) is 0 Å². The van der Waals surface area contributed by atoms with E-state index in [9.17, 15) is 14.7 Å². The minimum Gasteiger partial charge on any atom is -0.493 e. The summed E-state index contributed by atoms with van der Waals surface area (Å²) in [5.41, 5.74) is 0.769. The van der Waals surface area contributed by atoms with Crippen molar-refractivity contribution < 1.29 is 38.4 Å². The number of aliphatic hydroxyl groups is 1. The lowest BCUT2D eigenvalue weighted by Gasteiger charge is -2.15. The zero-order valence-corrected chi connectivity index (χ0v) is 18.3. The lowest BCUT2D eigenvalue weighted by Crippen LogP contribution is -2.33. The Morgan fingerprint density at radius 3 is 2.25 bits per heavy atom. The number of para-hydroxylation sites is 1. The molecule has 10 nitrogen and oxygen atoms in total. The largest absolute Gasteiger partial charge is 0.493 e. The van der Waals surface area contributed by atoms with Crippen LogP contribution in [0.3, 0.4) is 0 Å². The molecular weight excluding hydrogens is 420 g/mol. The first-order valence-corrected chi connectivity index (χ1v) is 9.83. The second-order valence-electron chi connectivity index (χ2n) is 6.49. The molecule has 32 heavy (non-hydrogen) atoms. The van der Waals surface area contributed by atoms with Crippen LogP contribution in [0.25, 0.3) is 0 Å². The van der Waals surface area contributed by atoms with Crippen LogP contribution in [-0.4, -0.2) is 70.9 Å².